The highest BCUT2D eigenvalue weighted by molar-refractivity contribution is 8.13. The number of hydrogen-bond acceptors (Lipinski definition) is 5. The molecule has 1 N–H and O–H groups in total. The number of halogens is 1. The molecule has 136 valence electrons. The maximum Gasteiger partial charge on any atom is 0.323 e. The van der Waals surface area contributed by atoms with E-state index in [1.54, 1.807) is 25.1 Å². The molecule has 0 aromatic heterocycles. The number of hydrogen-bond donors (Lipinski definition) is 1. The van der Waals surface area contributed by atoms with E-state index in [2.05, 4.69) is 0 Å². The van der Waals surface area contributed by atoms with Gasteiger partial charge >= 0.3 is 5.97 Å². The maximum absolute atomic E-state index is 12.8. The lowest BCUT2D eigenvalue weighted by molar-refractivity contribution is -0.148. The van der Waals surface area contributed by atoms with Gasteiger partial charge in [-0.1, -0.05) is 36.4 Å². The van der Waals surface area contributed by atoms with Crippen molar-refractivity contribution in [3.8, 4) is 5.75 Å². The fourth-order valence-corrected chi connectivity index (χ4v) is 3.54. The molecule has 2 unspecified atom stereocenters. The Labute approximate surface area is 155 Å². The molecule has 1 aromatic rings. The molecule has 0 radical (unpaired) electrons. The highest BCUT2D eigenvalue weighted by atomic mass is 35.5. The summed E-state index contributed by atoms with van der Waals surface area (Å²) in [5.41, 5.74) is 0.747. The normalized spacial score (nSPS) is 17.2. The predicted octanol–water partition coefficient (Wildman–Crippen LogP) is 2.99. The number of ether oxygens (including phenoxy) is 1. The molecule has 0 fully saturated rings. The van der Waals surface area contributed by atoms with Crippen molar-refractivity contribution in [2.75, 3.05) is 18.9 Å². The van der Waals surface area contributed by atoms with Gasteiger partial charge in [0.1, 0.15) is 12.3 Å². The van der Waals surface area contributed by atoms with Crippen LogP contribution in [0.4, 0.5) is 0 Å². The second-order valence-corrected chi connectivity index (χ2v) is 7.53. The number of fused-ring (bicyclic) bond motifs is 1. The van der Waals surface area contributed by atoms with Crippen LogP contribution in [0.2, 0.25) is 5.02 Å². The second kappa shape index (κ2) is 8.58. The molecular weight excluding hydrogens is 366 g/mol. The van der Waals surface area contributed by atoms with Gasteiger partial charge in [-0.2, -0.15) is 0 Å². The van der Waals surface area contributed by atoms with Gasteiger partial charge in [0, 0.05) is 35.6 Å². The van der Waals surface area contributed by atoms with E-state index in [-0.39, 0.29) is 11.0 Å². The zero-order valence-corrected chi connectivity index (χ0v) is 15.6. The van der Waals surface area contributed by atoms with Crippen LogP contribution in [0.1, 0.15) is 31.9 Å². The lowest BCUT2D eigenvalue weighted by atomic mass is 9.97. The summed E-state index contributed by atoms with van der Waals surface area (Å²) in [6.07, 6.45) is 0.500. The van der Waals surface area contributed by atoms with E-state index < -0.39 is 24.5 Å². The third-order valence-electron chi connectivity index (χ3n) is 3.91. The van der Waals surface area contributed by atoms with Crippen LogP contribution in [0.25, 0.3) is 0 Å². The van der Waals surface area contributed by atoms with Gasteiger partial charge in [0.2, 0.25) is 5.91 Å². The van der Waals surface area contributed by atoms with Crippen LogP contribution in [0, 0.1) is 5.92 Å². The van der Waals surface area contributed by atoms with Gasteiger partial charge in [-0.05, 0) is 12.1 Å². The van der Waals surface area contributed by atoms with Crippen molar-refractivity contribution in [3.63, 3.8) is 0 Å². The van der Waals surface area contributed by atoms with Crippen LogP contribution >= 0.6 is 23.4 Å². The van der Waals surface area contributed by atoms with E-state index in [9.17, 15) is 19.5 Å². The van der Waals surface area contributed by atoms with Gasteiger partial charge in [0.15, 0.2) is 5.12 Å². The van der Waals surface area contributed by atoms with Crippen LogP contribution in [0.5, 0.6) is 5.75 Å². The number of rotatable bonds is 6. The minimum absolute atomic E-state index is 0.0736. The highest BCUT2D eigenvalue weighted by Gasteiger charge is 2.33. The molecule has 1 amide bonds. The molecular formula is C17H20ClNO5S. The van der Waals surface area contributed by atoms with E-state index in [1.165, 1.54) is 11.8 Å². The summed E-state index contributed by atoms with van der Waals surface area (Å²) < 4.78 is 5.59. The predicted molar refractivity (Wildman–Crippen MR) is 96.0 cm³/mol. The minimum Gasteiger partial charge on any atom is -0.493 e. The average Bonchev–Trinajstić information content (AvgIpc) is 2.56. The third-order valence-corrected chi connectivity index (χ3v) is 5.21. The monoisotopic (exact) mass is 385 g/mol. The molecule has 0 saturated heterocycles. The molecule has 0 spiro atoms. The fourth-order valence-electron chi connectivity index (χ4n) is 2.75. The van der Waals surface area contributed by atoms with Gasteiger partial charge in [-0.25, -0.2) is 0 Å². The maximum atomic E-state index is 12.8. The summed E-state index contributed by atoms with van der Waals surface area (Å²) in [5, 5.41) is 9.69. The van der Waals surface area contributed by atoms with Crippen LogP contribution in [0.3, 0.4) is 0 Å². The first-order chi connectivity index (χ1) is 11.8. The molecule has 25 heavy (non-hydrogen) atoms. The van der Waals surface area contributed by atoms with Crippen molar-refractivity contribution in [1.29, 1.82) is 0 Å². The van der Waals surface area contributed by atoms with Crippen molar-refractivity contribution in [2.24, 2.45) is 5.92 Å². The molecule has 1 aromatic carbocycles. The van der Waals surface area contributed by atoms with Gasteiger partial charge in [0.25, 0.3) is 0 Å². The lowest BCUT2D eigenvalue weighted by Gasteiger charge is -2.36. The van der Waals surface area contributed by atoms with Gasteiger partial charge in [-0.3, -0.25) is 14.4 Å². The molecule has 8 heteroatoms. The number of carbonyl (C=O) groups excluding carboxylic acids is 2. The van der Waals surface area contributed by atoms with E-state index in [0.29, 0.717) is 29.6 Å². The molecule has 0 aliphatic carbocycles. The number of benzene rings is 1. The van der Waals surface area contributed by atoms with Crippen molar-refractivity contribution in [3.05, 3.63) is 28.8 Å². The average molecular weight is 386 g/mol. The number of thioether (sulfide) groups is 1. The van der Waals surface area contributed by atoms with Crippen molar-refractivity contribution < 1.29 is 24.2 Å². The molecule has 1 aliphatic heterocycles. The van der Waals surface area contributed by atoms with Crippen LogP contribution in [0.15, 0.2) is 18.2 Å². The van der Waals surface area contributed by atoms with Crippen LogP contribution in [-0.4, -0.2) is 45.9 Å². The Morgan fingerprint density at radius 2 is 2.16 bits per heavy atom. The zero-order valence-electron chi connectivity index (χ0n) is 14.0. The van der Waals surface area contributed by atoms with Crippen molar-refractivity contribution in [2.45, 2.75) is 26.3 Å². The Hall–Kier alpha value is -1.73. The SMILES string of the molecule is CC(=O)SCC(C)C(=O)N(CC(=O)O)C1CCOc2cc(Cl)ccc21. The quantitative estimate of drug-likeness (QED) is 0.810. The Morgan fingerprint density at radius 1 is 1.44 bits per heavy atom. The molecule has 2 atom stereocenters. The van der Waals surface area contributed by atoms with E-state index in [0.717, 1.165) is 17.3 Å². The lowest BCUT2D eigenvalue weighted by Crippen LogP contribution is -2.43. The Kier molecular flexibility index (Phi) is 6.72. The fraction of sp³-hybridized carbons (Fsp3) is 0.471. The third kappa shape index (κ3) is 5.12. The summed E-state index contributed by atoms with van der Waals surface area (Å²) >= 11 is 7.05. The van der Waals surface area contributed by atoms with Gasteiger partial charge in [-0.15, -0.1) is 0 Å². The molecule has 6 nitrogen and oxygen atoms in total. The first-order valence-electron chi connectivity index (χ1n) is 7.87. The van der Waals surface area contributed by atoms with Gasteiger partial charge in [0.05, 0.1) is 12.6 Å². The standard InChI is InChI=1S/C17H20ClNO5S/c1-10(9-25-11(2)20)17(23)19(8-16(21)22)14-5-6-24-15-7-12(18)3-4-13(14)15/h3-4,7,10,14H,5-6,8-9H2,1-2H3,(H,21,22). The number of amides is 1. The Balaban J connectivity index is 2.27. The van der Waals surface area contributed by atoms with Crippen LogP contribution < -0.4 is 4.74 Å². The zero-order chi connectivity index (χ0) is 18.6. The van der Waals surface area contributed by atoms with E-state index >= 15 is 0 Å². The van der Waals surface area contributed by atoms with E-state index in [4.69, 9.17) is 16.3 Å². The summed E-state index contributed by atoms with van der Waals surface area (Å²) in [4.78, 5) is 36.6. The second-order valence-electron chi connectivity index (χ2n) is 5.90. The first-order valence-corrected chi connectivity index (χ1v) is 9.23. The Bertz CT molecular complexity index is 681. The first kappa shape index (κ1) is 19.6. The largest absolute Gasteiger partial charge is 0.493 e. The molecule has 1 heterocycles. The molecule has 2 rings (SSSR count). The van der Waals surface area contributed by atoms with Crippen LogP contribution in [-0.2, 0) is 14.4 Å². The summed E-state index contributed by atoms with van der Waals surface area (Å²) in [7, 11) is 0. The van der Waals surface area contributed by atoms with E-state index in [1.807, 2.05) is 0 Å². The molecule has 1 aliphatic rings. The number of carboxylic acids is 1. The topological polar surface area (TPSA) is 83.9 Å². The summed E-state index contributed by atoms with van der Waals surface area (Å²) in [5.74, 6) is -0.948. The summed E-state index contributed by atoms with van der Waals surface area (Å²) in [6.45, 7) is 3.11. The number of carbonyl (C=O) groups is 3. The number of aliphatic carboxylic acids is 1. The molecule has 0 bridgehead atoms. The Morgan fingerprint density at radius 3 is 2.80 bits per heavy atom. The highest BCUT2D eigenvalue weighted by Crippen LogP contribution is 2.38. The smallest absolute Gasteiger partial charge is 0.323 e. The van der Waals surface area contributed by atoms with Gasteiger partial charge < -0.3 is 14.7 Å². The van der Waals surface area contributed by atoms with Crippen molar-refractivity contribution >= 4 is 40.4 Å². The summed E-state index contributed by atoms with van der Waals surface area (Å²) in [6, 6.07) is 4.73. The number of carboxylic acid groups (broad SMARTS) is 1. The van der Waals surface area contributed by atoms with Crippen molar-refractivity contribution in [1.82, 2.24) is 4.90 Å². The number of nitrogens with zero attached hydrogens (tertiary/aromatic N) is 1. The minimum atomic E-state index is -1.08. The molecule has 0 saturated carbocycles.